The molecular weight excluding hydrogens is 236 g/mol. The summed E-state index contributed by atoms with van der Waals surface area (Å²) in [4.78, 5) is 11.9. The highest BCUT2D eigenvalue weighted by Gasteiger charge is 2.14. The fourth-order valence-electron chi connectivity index (χ4n) is 2.43. The molecule has 2 nitrogen and oxygen atoms in total. The normalized spacial score (nSPS) is 19.5. The topological polar surface area (TPSA) is 26.3 Å². The molecule has 0 N–H and O–H groups in total. The van der Waals surface area contributed by atoms with E-state index >= 15 is 0 Å². The molecule has 0 spiro atoms. The van der Waals surface area contributed by atoms with Crippen LogP contribution in [0.5, 0.6) is 0 Å². The monoisotopic (exact) mass is 264 g/mol. The second-order valence-corrected chi connectivity index (χ2v) is 5.58. The van der Waals surface area contributed by atoms with E-state index in [1.165, 1.54) is 24.8 Å². The van der Waals surface area contributed by atoms with E-state index in [1.54, 1.807) is 0 Å². The zero-order chi connectivity index (χ0) is 14.1. The molecule has 0 saturated carbocycles. The Balaban J connectivity index is 2.16. The van der Waals surface area contributed by atoms with Crippen LogP contribution in [0.3, 0.4) is 0 Å². The van der Waals surface area contributed by atoms with E-state index < -0.39 is 0 Å². The van der Waals surface area contributed by atoms with E-state index in [4.69, 9.17) is 4.74 Å². The average molecular weight is 264 g/mol. The van der Waals surface area contributed by atoms with Crippen LogP contribution in [0.2, 0.25) is 0 Å². The first-order valence-electron chi connectivity index (χ1n) is 7.61. The highest BCUT2D eigenvalue weighted by atomic mass is 16.5. The van der Waals surface area contributed by atoms with Gasteiger partial charge in [0.05, 0.1) is 6.61 Å². The molecule has 0 fully saturated rings. The summed E-state index contributed by atoms with van der Waals surface area (Å²) in [7, 11) is 0. The minimum absolute atomic E-state index is 0.256. The number of ketones is 1. The molecule has 0 aromatic rings. The van der Waals surface area contributed by atoms with Gasteiger partial charge in [0.15, 0.2) is 5.78 Å². The van der Waals surface area contributed by atoms with E-state index in [2.05, 4.69) is 39.0 Å². The van der Waals surface area contributed by atoms with E-state index in [9.17, 15) is 4.79 Å². The van der Waals surface area contributed by atoms with Gasteiger partial charge < -0.3 is 4.74 Å². The molecule has 1 rings (SSSR count). The van der Waals surface area contributed by atoms with Gasteiger partial charge in [-0.15, -0.1) is 0 Å². The van der Waals surface area contributed by atoms with Crippen LogP contribution in [0.1, 0.15) is 52.9 Å². The minimum Gasteiger partial charge on any atom is -0.373 e. The van der Waals surface area contributed by atoms with Crippen LogP contribution in [-0.4, -0.2) is 19.0 Å². The van der Waals surface area contributed by atoms with Crippen molar-refractivity contribution in [1.82, 2.24) is 0 Å². The van der Waals surface area contributed by atoms with E-state index in [0.29, 0.717) is 24.9 Å². The smallest absolute Gasteiger partial charge is 0.158 e. The van der Waals surface area contributed by atoms with Crippen LogP contribution < -0.4 is 0 Å². The summed E-state index contributed by atoms with van der Waals surface area (Å²) in [5.74, 6) is 1.17. The van der Waals surface area contributed by atoms with Gasteiger partial charge in [0.2, 0.25) is 0 Å². The van der Waals surface area contributed by atoms with E-state index in [0.717, 1.165) is 6.42 Å². The molecule has 0 aliphatic heterocycles. The summed E-state index contributed by atoms with van der Waals surface area (Å²) in [6.45, 7) is 7.39. The van der Waals surface area contributed by atoms with Crippen LogP contribution in [-0.2, 0) is 9.53 Å². The van der Waals surface area contributed by atoms with Crippen LogP contribution in [0.4, 0.5) is 0 Å². The number of rotatable bonds is 10. The van der Waals surface area contributed by atoms with Gasteiger partial charge in [-0.1, -0.05) is 63.3 Å². The molecule has 0 radical (unpaired) electrons. The molecule has 2 heteroatoms. The van der Waals surface area contributed by atoms with Crippen molar-refractivity contribution in [3.63, 3.8) is 0 Å². The molecule has 0 bridgehead atoms. The Morgan fingerprint density at radius 1 is 1.42 bits per heavy atom. The Kier molecular flexibility index (Phi) is 7.73. The fraction of sp³-hybridized carbons (Fsp3) is 0.706. The van der Waals surface area contributed by atoms with Crippen LogP contribution in [0.15, 0.2) is 23.8 Å². The number of Topliss-reactive ketones (excluding diaryl/α,β-unsaturated/α-hetero) is 1. The first-order chi connectivity index (χ1) is 9.17. The lowest BCUT2D eigenvalue weighted by atomic mass is 9.94. The van der Waals surface area contributed by atoms with Crippen molar-refractivity contribution >= 4 is 5.78 Å². The van der Waals surface area contributed by atoms with Gasteiger partial charge in [0.25, 0.3) is 0 Å². The number of hydrogen-bond donors (Lipinski definition) is 0. The first kappa shape index (κ1) is 16.2. The SMILES string of the molecule is CCCCC(CC)CC(=O)COCC1C=CC=C1C. The quantitative estimate of drug-likeness (QED) is 0.587. The number of unbranched alkanes of at least 4 members (excludes halogenated alkanes) is 1. The van der Waals surface area contributed by atoms with Crippen LogP contribution >= 0.6 is 0 Å². The van der Waals surface area contributed by atoms with Gasteiger partial charge in [-0.2, -0.15) is 0 Å². The number of carbonyl (C=O) groups is 1. The summed E-state index contributed by atoms with van der Waals surface area (Å²) >= 11 is 0. The Bertz CT molecular complexity index is 328. The lowest BCUT2D eigenvalue weighted by Gasteiger charge is -2.14. The minimum atomic E-state index is 0.256. The zero-order valence-corrected chi connectivity index (χ0v) is 12.7. The number of ether oxygens (including phenoxy) is 1. The Labute approximate surface area is 117 Å². The van der Waals surface area contributed by atoms with Crippen molar-refractivity contribution in [2.24, 2.45) is 11.8 Å². The predicted molar refractivity (Wildman–Crippen MR) is 80.1 cm³/mol. The van der Waals surface area contributed by atoms with E-state index in [-0.39, 0.29) is 12.4 Å². The largest absolute Gasteiger partial charge is 0.373 e. The third kappa shape index (κ3) is 6.20. The maximum Gasteiger partial charge on any atom is 0.158 e. The third-order valence-corrected chi connectivity index (χ3v) is 3.91. The molecular formula is C17H28O2. The summed E-state index contributed by atoms with van der Waals surface area (Å²) in [5, 5.41) is 0. The molecule has 1 aliphatic carbocycles. The van der Waals surface area contributed by atoms with Gasteiger partial charge in [-0.3, -0.25) is 4.79 Å². The third-order valence-electron chi connectivity index (χ3n) is 3.91. The van der Waals surface area contributed by atoms with Gasteiger partial charge in [-0.25, -0.2) is 0 Å². The Morgan fingerprint density at radius 2 is 2.21 bits per heavy atom. The lowest BCUT2D eigenvalue weighted by molar-refractivity contribution is -0.124. The highest BCUT2D eigenvalue weighted by molar-refractivity contribution is 5.79. The van der Waals surface area contributed by atoms with Crippen molar-refractivity contribution in [3.05, 3.63) is 23.8 Å². The summed E-state index contributed by atoms with van der Waals surface area (Å²) in [5.41, 5.74) is 1.32. The predicted octanol–water partition coefficient (Wildman–Crippen LogP) is 4.31. The number of allylic oxidation sites excluding steroid dienone is 2. The van der Waals surface area contributed by atoms with Gasteiger partial charge >= 0.3 is 0 Å². The maximum atomic E-state index is 11.9. The number of hydrogen-bond acceptors (Lipinski definition) is 2. The fourth-order valence-corrected chi connectivity index (χ4v) is 2.43. The van der Waals surface area contributed by atoms with E-state index in [1.807, 2.05) is 0 Å². The average Bonchev–Trinajstić information content (AvgIpc) is 2.80. The summed E-state index contributed by atoms with van der Waals surface area (Å²) < 4.78 is 5.56. The molecule has 0 amide bonds. The molecule has 2 atom stereocenters. The Morgan fingerprint density at radius 3 is 2.79 bits per heavy atom. The molecule has 1 aliphatic rings. The molecule has 2 unspecified atom stereocenters. The summed E-state index contributed by atoms with van der Waals surface area (Å²) in [6, 6.07) is 0. The molecule has 0 heterocycles. The maximum absolute atomic E-state index is 11.9. The molecule has 0 aromatic carbocycles. The lowest BCUT2D eigenvalue weighted by Crippen LogP contribution is -2.16. The first-order valence-corrected chi connectivity index (χ1v) is 7.61. The summed E-state index contributed by atoms with van der Waals surface area (Å²) in [6.07, 6.45) is 11.7. The molecule has 108 valence electrons. The van der Waals surface area contributed by atoms with Crippen molar-refractivity contribution in [2.75, 3.05) is 13.2 Å². The van der Waals surface area contributed by atoms with Crippen molar-refractivity contribution in [3.8, 4) is 0 Å². The second kappa shape index (κ2) is 9.08. The highest BCUT2D eigenvalue weighted by Crippen LogP contribution is 2.19. The second-order valence-electron chi connectivity index (χ2n) is 5.58. The molecule has 19 heavy (non-hydrogen) atoms. The van der Waals surface area contributed by atoms with Gasteiger partial charge in [0.1, 0.15) is 6.61 Å². The molecule has 0 saturated heterocycles. The Hall–Kier alpha value is -0.890. The van der Waals surface area contributed by atoms with Crippen LogP contribution in [0, 0.1) is 11.8 Å². The standard InChI is InChI=1S/C17H28O2/c1-4-6-9-15(5-2)11-17(18)13-19-12-16-10-7-8-14(16)3/h7-8,10,15-16H,4-6,9,11-13H2,1-3H3. The molecule has 0 aromatic heterocycles. The van der Waals surface area contributed by atoms with Gasteiger partial charge in [0, 0.05) is 12.3 Å². The van der Waals surface area contributed by atoms with Crippen molar-refractivity contribution in [1.29, 1.82) is 0 Å². The zero-order valence-electron chi connectivity index (χ0n) is 12.7. The van der Waals surface area contributed by atoms with Crippen molar-refractivity contribution < 1.29 is 9.53 Å². The van der Waals surface area contributed by atoms with Crippen molar-refractivity contribution in [2.45, 2.75) is 52.9 Å². The van der Waals surface area contributed by atoms with Crippen LogP contribution in [0.25, 0.3) is 0 Å². The number of carbonyl (C=O) groups excluding carboxylic acids is 1. The van der Waals surface area contributed by atoms with Gasteiger partial charge in [-0.05, 0) is 12.8 Å².